The second kappa shape index (κ2) is 5.06. The largest absolute Gasteiger partial charge is 0.490 e. The number of hydrogen-bond acceptors (Lipinski definition) is 4. The molecule has 2 N–H and O–H groups in total. The number of benzene rings is 1. The van der Waals surface area contributed by atoms with Crippen LogP contribution in [0.2, 0.25) is 0 Å². The Morgan fingerprint density at radius 1 is 1.17 bits per heavy atom. The Morgan fingerprint density at radius 2 is 2.00 bits per heavy atom. The highest BCUT2D eigenvalue weighted by molar-refractivity contribution is 5.46. The average Bonchev–Trinajstić information content (AvgIpc) is 2.87. The van der Waals surface area contributed by atoms with Crippen molar-refractivity contribution < 1.29 is 14.2 Å². The fourth-order valence-electron chi connectivity index (χ4n) is 2.72. The normalized spacial score (nSPS) is 26.1. The Bertz CT molecular complexity index is 422. The molecule has 2 atom stereocenters. The molecular weight excluding hydrogens is 230 g/mol. The van der Waals surface area contributed by atoms with Gasteiger partial charge in [-0.05, 0) is 37.9 Å². The van der Waals surface area contributed by atoms with E-state index in [0.717, 1.165) is 23.7 Å². The third-order valence-electron chi connectivity index (χ3n) is 3.77. The van der Waals surface area contributed by atoms with Gasteiger partial charge in [0.05, 0.1) is 0 Å². The summed E-state index contributed by atoms with van der Waals surface area (Å²) >= 11 is 0. The molecule has 1 heterocycles. The topological polar surface area (TPSA) is 53.7 Å². The van der Waals surface area contributed by atoms with Crippen LogP contribution < -0.4 is 19.9 Å². The molecule has 2 unspecified atom stereocenters. The van der Waals surface area contributed by atoms with Crippen molar-refractivity contribution in [1.82, 2.24) is 0 Å². The lowest BCUT2D eigenvalue weighted by Crippen LogP contribution is -2.35. The minimum Gasteiger partial charge on any atom is -0.490 e. The SMILES string of the molecule is NCC1CCCCC1Oc1ccc2c(c1)OCO2. The van der Waals surface area contributed by atoms with Gasteiger partial charge in [0, 0.05) is 12.0 Å². The summed E-state index contributed by atoms with van der Waals surface area (Å²) in [4.78, 5) is 0. The first-order valence-electron chi connectivity index (χ1n) is 6.63. The highest BCUT2D eigenvalue weighted by Crippen LogP contribution is 2.36. The van der Waals surface area contributed by atoms with Crippen LogP contribution in [0.1, 0.15) is 25.7 Å². The van der Waals surface area contributed by atoms with Crippen LogP contribution in [0.4, 0.5) is 0 Å². The third kappa shape index (κ3) is 2.25. The van der Waals surface area contributed by atoms with Gasteiger partial charge in [-0.1, -0.05) is 6.42 Å². The predicted molar refractivity (Wildman–Crippen MR) is 68.0 cm³/mol. The maximum Gasteiger partial charge on any atom is 0.231 e. The molecule has 1 fully saturated rings. The maximum atomic E-state index is 6.07. The van der Waals surface area contributed by atoms with Crippen LogP contribution in [-0.2, 0) is 0 Å². The highest BCUT2D eigenvalue weighted by atomic mass is 16.7. The zero-order valence-electron chi connectivity index (χ0n) is 10.4. The highest BCUT2D eigenvalue weighted by Gasteiger charge is 2.26. The Labute approximate surface area is 107 Å². The first-order valence-corrected chi connectivity index (χ1v) is 6.63. The van der Waals surface area contributed by atoms with Crippen molar-refractivity contribution in [2.24, 2.45) is 11.7 Å². The lowest BCUT2D eigenvalue weighted by Gasteiger charge is -2.31. The second-order valence-corrected chi connectivity index (χ2v) is 4.95. The van der Waals surface area contributed by atoms with E-state index in [4.69, 9.17) is 19.9 Å². The van der Waals surface area contributed by atoms with Gasteiger partial charge in [0.1, 0.15) is 11.9 Å². The molecule has 0 spiro atoms. The molecule has 18 heavy (non-hydrogen) atoms. The van der Waals surface area contributed by atoms with Gasteiger partial charge in [-0.2, -0.15) is 0 Å². The average molecular weight is 249 g/mol. The molecular formula is C14H19NO3. The van der Waals surface area contributed by atoms with Gasteiger partial charge in [0.2, 0.25) is 6.79 Å². The van der Waals surface area contributed by atoms with E-state index in [0.29, 0.717) is 19.3 Å². The third-order valence-corrected chi connectivity index (χ3v) is 3.77. The van der Waals surface area contributed by atoms with E-state index in [9.17, 15) is 0 Å². The van der Waals surface area contributed by atoms with Crippen LogP contribution in [0.25, 0.3) is 0 Å². The minimum atomic E-state index is 0.240. The van der Waals surface area contributed by atoms with Crippen molar-refractivity contribution >= 4 is 0 Å². The molecule has 0 aromatic heterocycles. The summed E-state index contributed by atoms with van der Waals surface area (Å²) in [5.41, 5.74) is 5.81. The van der Waals surface area contributed by atoms with Gasteiger partial charge in [-0.3, -0.25) is 0 Å². The van der Waals surface area contributed by atoms with E-state index in [1.165, 1.54) is 19.3 Å². The molecule has 2 aliphatic rings. The fourth-order valence-corrected chi connectivity index (χ4v) is 2.72. The summed E-state index contributed by atoms with van der Waals surface area (Å²) in [5, 5.41) is 0. The zero-order valence-corrected chi connectivity index (χ0v) is 10.4. The van der Waals surface area contributed by atoms with E-state index >= 15 is 0 Å². The van der Waals surface area contributed by atoms with Gasteiger partial charge in [-0.25, -0.2) is 0 Å². The van der Waals surface area contributed by atoms with E-state index < -0.39 is 0 Å². The molecule has 0 amide bonds. The molecule has 4 nitrogen and oxygen atoms in total. The Balaban J connectivity index is 1.71. The zero-order chi connectivity index (χ0) is 12.4. The Morgan fingerprint density at radius 3 is 2.89 bits per heavy atom. The van der Waals surface area contributed by atoms with Crippen molar-refractivity contribution in [2.45, 2.75) is 31.8 Å². The quantitative estimate of drug-likeness (QED) is 0.893. The van der Waals surface area contributed by atoms with Crippen LogP contribution in [0.5, 0.6) is 17.2 Å². The molecule has 1 aromatic rings. The molecule has 1 aromatic carbocycles. The van der Waals surface area contributed by atoms with Crippen molar-refractivity contribution in [2.75, 3.05) is 13.3 Å². The van der Waals surface area contributed by atoms with Crippen molar-refractivity contribution in [3.8, 4) is 17.2 Å². The number of ether oxygens (including phenoxy) is 3. The first kappa shape index (κ1) is 11.7. The predicted octanol–water partition coefficient (Wildman–Crippen LogP) is 2.31. The standard InChI is InChI=1S/C14H19NO3/c15-8-10-3-1-2-4-12(10)18-11-5-6-13-14(7-11)17-9-16-13/h5-7,10,12H,1-4,8-9,15H2. The molecule has 4 heteroatoms. The van der Waals surface area contributed by atoms with Crippen LogP contribution >= 0.6 is 0 Å². The summed E-state index contributed by atoms with van der Waals surface area (Å²) in [6.45, 7) is 1.00. The summed E-state index contributed by atoms with van der Waals surface area (Å²) in [6, 6.07) is 5.75. The number of nitrogens with two attached hydrogens (primary N) is 1. The number of rotatable bonds is 3. The molecule has 1 aliphatic heterocycles. The second-order valence-electron chi connectivity index (χ2n) is 4.95. The van der Waals surface area contributed by atoms with E-state index in [1.54, 1.807) is 0 Å². The molecule has 0 bridgehead atoms. The lowest BCUT2D eigenvalue weighted by molar-refractivity contribution is 0.0967. The van der Waals surface area contributed by atoms with Crippen LogP contribution in [0, 0.1) is 5.92 Å². The number of fused-ring (bicyclic) bond motifs is 1. The van der Waals surface area contributed by atoms with Gasteiger partial charge >= 0.3 is 0 Å². The summed E-state index contributed by atoms with van der Waals surface area (Å²) < 4.78 is 16.7. The molecule has 0 radical (unpaired) electrons. The summed E-state index contributed by atoms with van der Waals surface area (Å²) in [7, 11) is 0. The first-order chi connectivity index (χ1) is 8.86. The maximum absolute atomic E-state index is 6.07. The van der Waals surface area contributed by atoms with Crippen LogP contribution in [-0.4, -0.2) is 19.4 Å². The molecule has 3 rings (SSSR count). The van der Waals surface area contributed by atoms with E-state index in [1.807, 2.05) is 18.2 Å². The summed E-state index contributed by atoms with van der Waals surface area (Å²) in [6.07, 6.45) is 5.00. The smallest absolute Gasteiger partial charge is 0.231 e. The minimum absolute atomic E-state index is 0.240. The molecule has 1 aliphatic carbocycles. The fraction of sp³-hybridized carbons (Fsp3) is 0.571. The Hall–Kier alpha value is -1.42. The summed E-state index contributed by atoms with van der Waals surface area (Å²) in [5.74, 6) is 2.89. The molecule has 1 saturated carbocycles. The van der Waals surface area contributed by atoms with E-state index in [2.05, 4.69) is 0 Å². The molecule has 98 valence electrons. The van der Waals surface area contributed by atoms with Gasteiger partial charge in [0.25, 0.3) is 0 Å². The van der Waals surface area contributed by atoms with Crippen molar-refractivity contribution in [1.29, 1.82) is 0 Å². The monoisotopic (exact) mass is 249 g/mol. The van der Waals surface area contributed by atoms with Gasteiger partial charge in [0.15, 0.2) is 11.5 Å². The number of hydrogen-bond donors (Lipinski definition) is 1. The lowest BCUT2D eigenvalue weighted by atomic mass is 9.86. The van der Waals surface area contributed by atoms with Crippen LogP contribution in [0.15, 0.2) is 18.2 Å². The van der Waals surface area contributed by atoms with Crippen LogP contribution in [0.3, 0.4) is 0 Å². The van der Waals surface area contributed by atoms with Crippen molar-refractivity contribution in [3.05, 3.63) is 18.2 Å². The van der Waals surface area contributed by atoms with E-state index in [-0.39, 0.29) is 6.10 Å². The molecule has 0 saturated heterocycles. The van der Waals surface area contributed by atoms with Gasteiger partial charge < -0.3 is 19.9 Å². The Kier molecular flexibility index (Phi) is 3.28. The van der Waals surface area contributed by atoms with Crippen molar-refractivity contribution in [3.63, 3.8) is 0 Å². The van der Waals surface area contributed by atoms with Gasteiger partial charge in [-0.15, -0.1) is 0 Å².